The number of nitrogens with one attached hydrogen (secondary N) is 1. The van der Waals surface area contributed by atoms with Crippen LogP contribution in [-0.2, 0) is 22.7 Å². The highest BCUT2D eigenvalue weighted by molar-refractivity contribution is 7.89. The largest absolute Gasteiger partial charge is 0.417 e. The van der Waals surface area contributed by atoms with Crippen LogP contribution < -0.4 is 4.72 Å². The van der Waals surface area contributed by atoms with Crippen molar-refractivity contribution in [2.75, 3.05) is 0 Å². The molecule has 3 aromatic rings. The minimum absolute atomic E-state index is 0.0110. The van der Waals surface area contributed by atoms with Crippen LogP contribution in [0.1, 0.15) is 11.3 Å². The molecule has 0 saturated carbocycles. The third-order valence-electron chi connectivity index (χ3n) is 3.38. The summed E-state index contributed by atoms with van der Waals surface area (Å²) in [5.41, 5.74) is -0.252. The number of benzene rings is 1. The van der Waals surface area contributed by atoms with E-state index < -0.39 is 21.8 Å². The molecule has 3 rings (SSSR count). The summed E-state index contributed by atoms with van der Waals surface area (Å²) in [5, 5.41) is 0.273. The highest BCUT2D eigenvalue weighted by atomic mass is 35.5. The van der Waals surface area contributed by atoms with Gasteiger partial charge in [-0.3, -0.25) is 0 Å². The SMILES string of the molecule is O=S(=O)(NCc1cn2cc(C(F)(F)F)ccc2n1)c1cccc(Cl)c1. The van der Waals surface area contributed by atoms with Crippen molar-refractivity contribution < 1.29 is 21.6 Å². The number of hydrogen-bond acceptors (Lipinski definition) is 3. The number of fused-ring (bicyclic) bond motifs is 1. The molecule has 0 aliphatic heterocycles. The topological polar surface area (TPSA) is 63.5 Å². The van der Waals surface area contributed by atoms with E-state index in [1.54, 1.807) is 6.07 Å². The standard InChI is InChI=1S/C15H11ClF3N3O2S/c16-11-2-1-3-13(6-11)25(23,24)20-7-12-9-22-8-10(15(17,18)19)4-5-14(22)21-12/h1-6,8-9,20H,7H2. The van der Waals surface area contributed by atoms with E-state index in [0.717, 1.165) is 12.3 Å². The van der Waals surface area contributed by atoms with E-state index in [2.05, 4.69) is 9.71 Å². The van der Waals surface area contributed by atoms with Gasteiger partial charge < -0.3 is 4.40 Å². The third-order valence-corrected chi connectivity index (χ3v) is 5.01. The van der Waals surface area contributed by atoms with Crippen molar-refractivity contribution in [3.63, 3.8) is 0 Å². The zero-order valence-electron chi connectivity index (χ0n) is 12.5. The molecule has 1 aromatic carbocycles. The maximum absolute atomic E-state index is 12.7. The van der Waals surface area contributed by atoms with Gasteiger partial charge in [-0.1, -0.05) is 17.7 Å². The first kappa shape index (κ1) is 17.7. The normalized spacial score (nSPS) is 12.6. The van der Waals surface area contributed by atoms with Crippen LogP contribution in [0.3, 0.4) is 0 Å². The van der Waals surface area contributed by atoms with Gasteiger partial charge in [0.15, 0.2) is 0 Å². The van der Waals surface area contributed by atoms with Gasteiger partial charge in [0.2, 0.25) is 10.0 Å². The molecule has 0 saturated heterocycles. The molecule has 25 heavy (non-hydrogen) atoms. The van der Waals surface area contributed by atoms with Gasteiger partial charge in [0.25, 0.3) is 0 Å². The summed E-state index contributed by atoms with van der Waals surface area (Å²) in [6.45, 7) is -0.169. The van der Waals surface area contributed by atoms with Gasteiger partial charge in [0.1, 0.15) is 5.65 Å². The fraction of sp³-hybridized carbons (Fsp3) is 0.133. The molecule has 10 heteroatoms. The second-order valence-corrected chi connectivity index (χ2v) is 7.40. The smallest absolute Gasteiger partial charge is 0.306 e. The Labute approximate surface area is 146 Å². The van der Waals surface area contributed by atoms with E-state index in [-0.39, 0.29) is 27.8 Å². The highest BCUT2D eigenvalue weighted by Crippen LogP contribution is 2.29. The molecule has 0 unspecified atom stereocenters. The Morgan fingerprint density at radius 3 is 2.60 bits per heavy atom. The first-order valence-electron chi connectivity index (χ1n) is 6.95. The van der Waals surface area contributed by atoms with Crippen molar-refractivity contribution in [3.05, 3.63) is 65.1 Å². The maximum atomic E-state index is 12.7. The Morgan fingerprint density at radius 2 is 1.92 bits per heavy atom. The highest BCUT2D eigenvalue weighted by Gasteiger charge is 2.30. The van der Waals surface area contributed by atoms with Crippen molar-refractivity contribution in [2.45, 2.75) is 17.6 Å². The lowest BCUT2D eigenvalue weighted by Crippen LogP contribution is -2.23. The average Bonchev–Trinajstić information content (AvgIpc) is 2.94. The summed E-state index contributed by atoms with van der Waals surface area (Å²) in [6, 6.07) is 7.86. The van der Waals surface area contributed by atoms with Gasteiger partial charge in [0, 0.05) is 17.4 Å². The van der Waals surface area contributed by atoms with Crippen LogP contribution in [0.4, 0.5) is 13.2 Å². The van der Waals surface area contributed by atoms with Gasteiger partial charge in [-0.25, -0.2) is 18.1 Å². The lowest BCUT2D eigenvalue weighted by atomic mass is 10.3. The van der Waals surface area contributed by atoms with Gasteiger partial charge >= 0.3 is 6.18 Å². The van der Waals surface area contributed by atoms with E-state index in [0.29, 0.717) is 0 Å². The van der Waals surface area contributed by atoms with Crippen molar-refractivity contribution in [1.29, 1.82) is 0 Å². The second-order valence-electron chi connectivity index (χ2n) is 5.20. The summed E-state index contributed by atoms with van der Waals surface area (Å²) < 4.78 is 66.1. The van der Waals surface area contributed by atoms with E-state index >= 15 is 0 Å². The number of hydrogen-bond donors (Lipinski definition) is 1. The first-order chi connectivity index (χ1) is 11.6. The van der Waals surface area contributed by atoms with Gasteiger partial charge in [-0.2, -0.15) is 13.2 Å². The average molecular weight is 390 g/mol. The molecular formula is C15H11ClF3N3O2S. The summed E-state index contributed by atoms with van der Waals surface area (Å²) in [7, 11) is -3.81. The predicted octanol–water partition coefficient (Wildman–Crippen LogP) is 3.49. The number of pyridine rings is 1. The van der Waals surface area contributed by atoms with Crippen LogP contribution in [0.2, 0.25) is 5.02 Å². The molecule has 0 aliphatic carbocycles. The summed E-state index contributed by atoms with van der Waals surface area (Å²) in [5.74, 6) is 0. The van der Waals surface area contributed by atoms with E-state index in [4.69, 9.17) is 11.6 Å². The summed E-state index contributed by atoms with van der Waals surface area (Å²) in [4.78, 5) is 4.08. The minimum Gasteiger partial charge on any atom is -0.306 e. The number of imidazole rings is 1. The fourth-order valence-electron chi connectivity index (χ4n) is 2.18. The molecule has 2 heterocycles. The van der Waals surface area contributed by atoms with Crippen molar-refractivity contribution in [3.8, 4) is 0 Å². The minimum atomic E-state index is -4.47. The Hall–Kier alpha value is -2.10. The molecule has 2 aromatic heterocycles. The van der Waals surface area contributed by atoms with Crippen molar-refractivity contribution in [1.82, 2.24) is 14.1 Å². The number of aromatic nitrogens is 2. The van der Waals surface area contributed by atoms with Crippen LogP contribution in [0.25, 0.3) is 5.65 Å². The Kier molecular flexibility index (Phi) is 4.48. The zero-order valence-corrected chi connectivity index (χ0v) is 14.0. The lowest BCUT2D eigenvalue weighted by molar-refractivity contribution is -0.137. The molecular weight excluding hydrogens is 379 g/mol. The number of halogens is 4. The lowest BCUT2D eigenvalue weighted by Gasteiger charge is -2.06. The molecule has 5 nitrogen and oxygen atoms in total. The molecule has 132 valence electrons. The molecule has 0 spiro atoms. The van der Waals surface area contributed by atoms with Gasteiger partial charge in [-0.15, -0.1) is 0 Å². The van der Waals surface area contributed by atoms with E-state index in [1.165, 1.54) is 34.9 Å². The molecule has 0 fully saturated rings. The molecule has 1 N–H and O–H groups in total. The zero-order chi connectivity index (χ0) is 18.2. The van der Waals surface area contributed by atoms with Crippen LogP contribution >= 0.6 is 11.6 Å². The number of sulfonamides is 1. The van der Waals surface area contributed by atoms with Crippen LogP contribution in [-0.4, -0.2) is 17.8 Å². The molecule has 0 aliphatic rings. The molecule has 0 atom stereocenters. The number of rotatable bonds is 4. The molecule has 0 amide bonds. The Balaban J connectivity index is 1.81. The number of alkyl halides is 3. The van der Waals surface area contributed by atoms with E-state index in [1.807, 2.05) is 0 Å². The Morgan fingerprint density at radius 1 is 1.16 bits per heavy atom. The summed E-state index contributed by atoms with van der Waals surface area (Å²) in [6.07, 6.45) is -2.23. The fourth-order valence-corrected chi connectivity index (χ4v) is 3.48. The molecule has 0 radical (unpaired) electrons. The molecule has 0 bridgehead atoms. The first-order valence-corrected chi connectivity index (χ1v) is 8.81. The third kappa shape index (κ3) is 3.94. The maximum Gasteiger partial charge on any atom is 0.417 e. The van der Waals surface area contributed by atoms with Crippen LogP contribution in [0.5, 0.6) is 0 Å². The summed E-state index contributed by atoms with van der Waals surface area (Å²) >= 11 is 5.77. The van der Waals surface area contributed by atoms with Gasteiger partial charge in [-0.05, 0) is 30.3 Å². The monoisotopic (exact) mass is 389 g/mol. The number of nitrogens with zero attached hydrogens (tertiary/aromatic N) is 2. The van der Waals surface area contributed by atoms with Crippen molar-refractivity contribution in [2.24, 2.45) is 0 Å². The van der Waals surface area contributed by atoms with Crippen LogP contribution in [0, 0.1) is 0 Å². The van der Waals surface area contributed by atoms with Crippen molar-refractivity contribution >= 4 is 27.3 Å². The second kappa shape index (κ2) is 6.32. The van der Waals surface area contributed by atoms with Crippen LogP contribution in [0.15, 0.2) is 53.7 Å². The quantitative estimate of drug-likeness (QED) is 0.743. The van der Waals surface area contributed by atoms with E-state index in [9.17, 15) is 21.6 Å². The Bertz CT molecular complexity index is 1030. The van der Waals surface area contributed by atoms with Gasteiger partial charge in [0.05, 0.1) is 22.7 Å². The predicted molar refractivity (Wildman–Crippen MR) is 85.7 cm³/mol.